The molecule has 3 aliphatic rings. The zero-order chi connectivity index (χ0) is 37.9. The van der Waals surface area contributed by atoms with Crippen LogP contribution in [0, 0.1) is 17.8 Å². The van der Waals surface area contributed by atoms with Crippen molar-refractivity contribution in [3.63, 3.8) is 0 Å². The van der Waals surface area contributed by atoms with Gasteiger partial charge in [-0.15, -0.1) is 0 Å². The van der Waals surface area contributed by atoms with Gasteiger partial charge in [0, 0.05) is 31.5 Å². The smallest absolute Gasteiger partial charge is 0.311 e. The van der Waals surface area contributed by atoms with Crippen molar-refractivity contribution in [2.75, 3.05) is 27.7 Å². The lowest BCUT2D eigenvalue weighted by atomic mass is 9.77. The lowest BCUT2D eigenvalue weighted by Gasteiger charge is -2.48. The van der Waals surface area contributed by atoms with Crippen molar-refractivity contribution >= 4 is 5.97 Å². The van der Waals surface area contributed by atoms with E-state index in [1.165, 1.54) is 7.11 Å². The van der Waals surface area contributed by atoms with Gasteiger partial charge in [-0.3, -0.25) is 4.79 Å². The Bertz CT molecular complexity index is 1080. The van der Waals surface area contributed by atoms with E-state index in [-0.39, 0.29) is 30.5 Å². The molecule has 3 saturated heterocycles. The molecule has 3 aliphatic heterocycles. The third kappa shape index (κ3) is 10.4. The third-order valence-corrected chi connectivity index (χ3v) is 11.4. The van der Waals surface area contributed by atoms with Gasteiger partial charge in [0.1, 0.15) is 23.9 Å². The molecule has 0 amide bonds. The Balaban J connectivity index is 2.13. The number of aliphatic hydroxyl groups excluding tert-OH is 2. The fourth-order valence-corrected chi connectivity index (χ4v) is 8.43. The molecule has 17 atom stereocenters. The highest BCUT2D eigenvalue weighted by molar-refractivity contribution is 5.73. The van der Waals surface area contributed by atoms with Crippen molar-refractivity contribution in [1.29, 1.82) is 0 Å². The number of carbonyl (C=O) groups is 1. The van der Waals surface area contributed by atoms with Gasteiger partial charge in [-0.2, -0.15) is 0 Å². The molecule has 294 valence electrons. The molecule has 0 radical (unpaired) electrons. The molecular formula is C37H70N2O11. The first-order valence-electron chi connectivity index (χ1n) is 18.6. The Morgan fingerprint density at radius 1 is 0.940 bits per heavy atom. The van der Waals surface area contributed by atoms with Crippen molar-refractivity contribution < 1.29 is 53.6 Å². The summed E-state index contributed by atoms with van der Waals surface area (Å²) in [5, 5.41) is 49.8. The summed E-state index contributed by atoms with van der Waals surface area (Å²) in [7, 11) is 5.32. The van der Waals surface area contributed by atoms with Crippen LogP contribution in [0.4, 0.5) is 0 Å². The van der Waals surface area contributed by atoms with Crippen molar-refractivity contribution in [3.8, 4) is 0 Å². The highest BCUT2D eigenvalue weighted by atomic mass is 16.7. The van der Waals surface area contributed by atoms with Gasteiger partial charge in [-0.25, -0.2) is 0 Å². The number of hydrogen-bond donors (Lipinski definition) is 5. The molecule has 13 heteroatoms. The molecule has 0 aromatic heterocycles. The van der Waals surface area contributed by atoms with E-state index in [0.29, 0.717) is 32.2 Å². The zero-order valence-corrected chi connectivity index (χ0v) is 32.9. The third-order valence-electron chi connectivity index (χ3n) is 11.4. The average molecular weight is 719 g/mol. The number of ether oxygens (including phenoxy) is 6. The number of rotatable bonds is 7. The van der Waals surface area contributed by atoms with Crippen LogP contribution >= 0.6 is 0 Å². The minimum Gasteiger partial charge on any atom is -0.459 e. The molecule has 0 aliphatic carbocycles. The van der Waals surface area contributed by atoms with Crippen LogP contribution in [-0.4, -0.2) is 143 Å². The van der Waals surface area contributed by atoms with Crippen molar-refractivity contribution in [1.82, 2.24) is 10.2 Å². The van der Waals surface area contributed by atoms with Crippen molar-refractivity contribution in [3.05, 3.63) is 0 Å². The second kappa shape index (κ2) is 17.4. The normalized spacial score (nSPS) is 49.2. The van der Waals surface area contributed by atoms with E-state index in [4.69, 9.17) is 28.4 Å². The number of hydrogen-bond acceptors (Lipinski definition) is 13. The SMILES string of the molecule is CC[C@@H]1OC(=O)[C@H](C)[C@H](O[C@H]2C[C@@](C)(OC)[C@@H](O)[C@H](C)O2)[C@H](C)[C@@H](O[C@@H]2O[C@H](C)C[C@H](N(C)C)[C@H]2O)[C@@](C)(O)C[C@@H](C)CN[C@H](C)C[C@@]1(C)O. The molecule has 0 saturated carbocycles. The summed E-state index contributed by atoms with van der Waals surface area (Å²) in [5.41, 5.74) is -3.79. The van der Waals surface area contributed by atoms with E-state index in [9.17, 15) is 25.2 Å². The summed E-state index contributed by atoms with van der Waals surface area (Å²) in [6.45, 7) is 18.8. The lowest BCUT2D eigenvalue weighted by molar-refractivity contribution is -0.318. The summed E-state index contributed by atoms with van der Waals surface area (Å²) < 4.78 is 37.6. The number of esters is 1. The van der Waals surface area contributed by atoms with Gasteiger partial charge < -0.3 is 59.1 Å². The maximum atomic E-state index is 14.1. The summed E-state index contributed by atoms with van der Waals surface area (Å²) in [4.78, 5) is 16.0. The number of nitrogens with one attached hydrogen (secondary N) is 1. The molecule has 3 rings (SSSR count). The van der Waals surface area contributed by atoms with Crippen LogP contribution in [0.2, 0.25) is 0 Å². The van der Waals surface area contributed by atoms with E-state index >= 15 is 0 Å². The monoisotopic (exact) mass is 718 g/mol. The lowest BCUT2D eigenvalue weighted by Crippen LogP contribution is -2.60. The molecule has 0 spiro atoms. The van der Waals surface area contributed by atoms with Crippen LogP contribution in [0.3, 0.4) is 0 Å². The molecule has 0 bridgehead atoms. The van der Waals surface area contributed by atoms with Crippen LogP contribution < -0.4 is 5.32 Å². The molecule has 0 unspecified atom stereocenters. The standard InChI is InChI=1S/C37H70N2O11/c1-14-27-35(8,43)17-21(3)38-19-20(2)16-36(9,44)32(50-34-29(40)26(39(11)12)15-22(4)46-34)23(5)30(24(6)33(42)48-27)49-28-18-37(10,45-13)31(41)25(7)47-28/h20-32,34,38,40-41,43-44H,14-19H2,1-13H3/t20-,21-,22-,23+,24-,25+,26+,27+,28+,29-,30-,31+,32-,34+,35-,36+,37-/m1/s1. The van der Waals surface area contributed by atoms with Gasteiger partial charge >= 0.3 is 5.97 Å². The van der Waals surface area contributed by atoms with E-state index in [1.54, 1.807) is 34.6 Å². The van der Waals surface area contributed by atoms with Gasteiger partial charge in [-0.1, -0.05) is 20.8 Å². The highest BCUT2D eigenvalue weighted by Gasteiger charge is 2.51. The zero-order valence-electron chi connectivity index (χ0n) is 32.9. The minimum absolute atomic E-state index is 0.0328. The topological polar surface area (TPSA) is 169 Å². The van der Waals surface area contributed by atoms with Crippen LogP contribution in [0.15, 0.2) is 0 Å². The Labute approximate surface area is 300 Å². The van der Waals surface area contributed by atoms with E-state index < -0.39 is 83.8 Å². The summed E-state index contributed by atoms with van der Waals surface area (Å²) in [5.74, 6) is -2.22. The second-order valence-electron chi connectivity index (χ2n) is 16.7. The maximum Gasteiger partial charge on any atom is 0.311 e. The number of cyclic esters (lactones) is 1. The number of likely N-dealkylation sites (N-methyl/N-ethyl adjacent to an activating group) is 1. The molecule has 0 aromatic rings. The van der Waals surface area contributed by atoms with Crippen LogP contribution in [0.25, 0.3) is 0 Å². The number of carbonyl (C=O) groups excluding carboxylic acids is 1. The first kappa shape index (κ1) is 43.4. The second-order valence-corrected chi connectivity index (χ2v) is 16.7. The molecule has 0 aromatic carbocycles. The summed E-state index contributed by atoms with van der Waals surface area (Å²) in [6, 6.07) is -0.355. The Hall–Kier alpha value is -0.970. The molecule has 13 nitrogen and oxygen atoms in total. The fourth-order valence-electron chi connectivity index (χ4n) is 8.43. The van der Waals surface area contributed by atoms with E-state index in [1.807, 2.05) is 53.6 Å². The number of nitrogens with zero attached hydrogens (tertiary/aromatic N) is 1. The van der Waals surface area contributed by atoms with Gasteiger partial charge in [-0.05, 0) is 101 Å². The number of aliphatic hydroxyl groups is 4. The van der Waals surface area contributed by atoms with E-state index in [0.717, 1.165) is 0 Å². The molecule has 50 heavy (non-hydrogen) atoms. The Kier molecular flexibility index (Phi) is 15.2. The van der Waals surface area contributed by atoms with Crippen LogP contribution in [0.5, 0.6) is 0 Å². The van der Waals surface area contributed by atoms with Crippen molar-refractivity contribution in [2.45, 2.75) is 186 Å². The minimum atomic E-state index is -1.48. The van der Waals surface area contributed by atoms with Gasteiger partial charge in [0.2, 0.25) is 0 Å². The predicted molar refractivity (Wildman–Crippen MR) is 188 cm³/mol. The average Bonchev–Trinajstić information content (AvgIpc) is 3.02. The quantitative estimate of drug-likeness (QED) is 0.244. The van der Waals surface area contributed by atoms with Gasteiger partial charge in [0.15, 0.2) is 12.6 Å². The number of methoxy groups -OCH3 is 1. The molecule has 3 fully saturated rings. The largest absolute Gasteiger partial charge is 0.459 e. The predicted octanol–water partition coefficient (Wildman–Crippen LogP) is 2.59. The maximum absolute atomic E-state index is 14.1. The van der Waals surface area contributed by atoms with E-state index in [2.05, 4.69) is 5.32 Å². The summed E-state index contributed by atoms with van der Waals surface area (Å²) >= 11 is 0. The summed E-state index contributed by atoms with van der Waals surface area (Å²) in [6.07, 6.45) is -5.68. The van der Waals surface area contributed by atoms with Crippen molar-refractivity contribution in [2.24, 2.45) is 17.8 Å². The molecule has 3 heterocycles. The van der Waals surface area contributed by atoms with Crippen LogP contribution in [-0.2, 0) is 33.2 Å². The molecular weight excluding hydrogens is 648 g/mol. The molecule has 5 N–H and O–H groups in total. The van der Waals surface area contributed by atoms with Gasteiger partial charge in [0.25, 0.3) is 0 Å². The van der Waals surface area contributed by atoms with Crippen LogP contribution in [0.1, 0.15) is 101 Å². The van der Waals surface area contributed by atoms with Gasteiger partial charge in [0.05, 0.1) is 41.5 Å². The Morgan fingerprint density at radius 3 is 2.16 bits per heavy atom. The Morgan fingerprint density at radius 2 is 1.58 bits per heavy atom. The first-order chi connectivity index (χ1) is 23.1. The highest BCUT2D eigenvalue weighted by Crippen LogP contribution is 2.39. The fraction of sp³-hybridized carbons (Fsp3) is 0.973. The first-order valence-corrected chi connectivity index (χ1v) is 18.6.